The van der Waals surface area contributed by atoms with Gasteiger partial charge in [-0.15, -0.1) is 0 Å². The number of hydrogen-bond acceptors (Lipinski definition) is 12. The molecular formula is C41H57N3O10. The van der Waals surface area contributed by atoms with Crippen molar-refractivity contribution in [3.05, 3.63) is 83.4 Å². The maximum Gasteiger partial charge on any atom is 0.329 e. The molecule has 4 N–H and O–H groups in total. The quantitative estimate of drug-likeness (QED) is 0.0929. The minimum Gasteiger partial charge on any atom is -0.496 e. The lowest BCUT2D eigenvalue weighted by molar-refractivity contribution is -0.159. The first-order valence-electron chi connectivity index (χ1n) is 18.5. The third-order valence-corrected chi connectivity index (χ3v) is 9.04. The van der Waals surface area contributed by atoms with E-state index < -0.39 is 24.0 Å². The molecule has 3 aromatic rings. The summed E-state index contributed by atoms with van der Waals surface area (Å²) in [5, 5.41) is 6.09. The topological polar surface area (TPSA) is 158 Å². The van der Waals surface area contributed by atoms with Gasteiger partial charge in [-0.05, 0) is 47.4 Å². The second kappa shape index (κ2) is 22.7. The molecule has 1 saturated heterocycles. The van der Waals surface area contributed by atoms with Crippen LogP contribution in [0.15, 0.2) is 66.7 Å². The highest BCUT2D eigenvalue weighted by Crippen LogP contribution is 2.34. The highest BCUT2D eigenvalue weighted by molar-refractivity contribution is 5.85. The largest absolute Gasteiger partial charge is 0.496 e. The van der Waals surface area contributed by atoms with Crippen LogP contribution in [0.4, 0.5) is 0 Å². The standard InChI is InChI=1S/C41H57N3O10/c1-28(2)40(44-38(45)23-42)41(46)54-37-25-43-24-36(53-26-29-12-17-34(49-5)35(22-29)52-21-8-18-47-3)39(37)30-13-15-32(16-14-30)51-20-9-19-50-27-31-10-6-7-11-33(31)48-4/h6-7,10-17,22,28,36-37,39-40,43H,8-9,18-21,23-27,42H2,1-5H3,(H,44,45)/t36-,37+,39+,40-/m0/s1. The zero-order valence-corrected chi connectivity index (χ0v) is 32.2. The van der Waals surface area contributed by atoms with Crippen molar-refractivity contribution in [1.29, 1.82) is 0 Å². The van der Waals surface area contributed by atoms with Gasteiger partial charge in [-0.2, -0.15) is 0 Å². The van der Waals surface area contributed by atoms with Gasteiger partial charge in [-0.3, -0.25) is 4.79 Å². The van der Waals surface area contributed by atoms with Gasteiger partial charge in [0.05, 0.1) is 59.9 Å². The van der Waals surface area contributed by atoms with E-state index in [1.54, 1.807) is 21.3 Å². The number of ether oxygens (including phenoxy) is 8. The molecule has 1 aliphatic heterocycles. The van der Waals surface area contributed by atoms with Crippen molar-refractivity contribution in [3.63, 3.8) is 0 Å². The molecule has 3 aromatic carbocycles. The number of nitrogens with two attached hydrogens (primary N) is 1. The van der Waals surface area contributed by atoms with Crippen molar-refractivity contribution in [1.82, 2.24) is 10.6 Å². The first-order chi connectivity index (χ1) is 26.3. The second-order valence-corrected chi connectivity index (χ2v) is 13.3. The summed E-state index contributed by atoms with van der Waals surface area (Å²) < 4.78 is 46.7. The summed E-state index contributed by atoms with van der Waals surface area (Å²) in [6, 6.07) is 20.5. The van der Waals surface area contributed by atoms with E-state index in [1.165, 1.54) is 0 Å². The Morgan fingerprint density at radius 1 is 0.815 bits per heavy atom. The summed E-state index contributed by atoms with van der Waals surface area (Å²) in [5.74, 6) is 1.28. The predicted octanol–water partition coefficient (Wildman–Crippen LogP) is 4.39. The monoisotopic (exact) mass is 751 g/mol. The van der Waals surface area contributed by atoms with Gasteiger partial charge in [-0.1, -0.05) is 50.2 Å². The summed E-state index contributed by atoms with van der Waals surface area (Å²) in [7, 11) is 4.91. The van der Waals surface area contributed by atoms with Crippen molar-refractivity contribution in [2.75, 3.05) is 67.4 Å². The van der Waals surface area contributed by atoms with Crippen LogP contribution in [0.3, 0.4) is 0 Å². The number of esters is 1. The second-order valence-electron chi connectivity index (χ2n) is 13.3. The van der Waals surface area contributed by atoms with Crippen molar-refractivity contribution in [2.45, 2.75) is 64.1 Å². The normalized spacial score (nSPS) is 17.4. The molecule has 0 aliphatic carbocycles. The molecule has 4 rings (SSSR count). The average Bonchev–Trinajstić information content (AvgIpc) is 3.19. The lowest BCUT2D eigenvalue weighted by atomic mass is 9.85. The van der Waals surface area contributed by atoms with Gasteiger partial charge in [0.25, 0.3) is 0 Å². The van der Waals surface area contributed by atoms with Crippen molar-refractivity contribution >= 4 is 11.9 Å². The van der Waals surface area contributed by atoms with Crippen LogP contribution < -0.4 is 35.3 Å². The summed E-state index contributed by atoms with van der Waals surface area (Å²) in [4.78, 5) is 25.7. The third kappa shape index (κ3) is 12.9. The average molecular weight is 752 g/mol. The third-order valence-electron chi connectivity index (χ3n) is 9.04. The first-order valence-corrected chi connectivity index (χ1v) is 18.5. The summed E-state index contributed by atoms with van der Waals surface area (Å²) >= 11 is 0. The molecule has 13 heteroatoms. The number of para-hydroxylation sites is 1. The number of nitrogens with one attached hydrogen (secondary N) is 2. The summed E-state index contributed by atoms with van der Waals surface area (Å²) in [6.07, 6.45) is 0.497. The van der Waals surface area contributed by atoms with Crippen molar-refractivity contribution in [2.24, 2.45) is 11.7 Å². The molecule has 1 heterocycles. The molecule has 1 fully saturated rings. The molecule has 4 atom stereocenters. The van der Waals surface area contributed by atoms with Gasteiger partial charge in [0.1, 0.15) is 23.6 Å². The number of carbonyl (C=O) groups is 2. The van der Waals surface area contributed by atoms with E-state index in [1.807, 2.05) is 80.6 Å². The van der Waals surface area contributed by atoms with Gasteiger partial charge in [0.2, 0.25) is 5.91 Å². The first kappa shape index (κ1) is 42.3. The van der Waals surface area contributed by atoms with Crippen LogP contribution in [0.2, 0.25) is 0 Å². The molecule has 13 nitrogen and oxygen atoms in total. The number of rotatable bonds is 23. The van der Waals surface area contributed by atoms with Crippen LogP contribution in [0.5, 0.6) is 23.0 Å². The smallest absolute Gasteiger partial charge is 0.329 e. The fourth-order valence-corrected chi connectivity index (χ4v) is 6.17. The zero-order valence-electron chi connectivity index (χ0n) is 32.2. The molecule has 0 unspecified atom stereocenters. The fraction of sp³-hybridized carbons (Fsp3) is 0.512. The summed E-state index contributed by atoms with van der Waals surface area (Å²) in [5.41, 5.74) is 8.35. The van der Waals surface area contributed by atoms with E-state index >= 15 is 0 Å². The van der Waals surface area contributed by atoms with Crippen molar-refractivity contribution < 1.29 is 47.5 Å². The van der Waals surface area contributed by atoms with Crippen LogP contribution in [0.25, 0.3) is 0 Å². The Hall–Kier alpha value is -4.40. The maximum atomic E-state index is 13.5. The van der Waals surface area contributed by atoms with E-state index in [0.717, 1.165) is 28.9 Å². The molecule has 0 aromatic heterocycles. The van der Waals surface area contributed by atoms with E-state index in [2.05, 4.69) is 10.6 Å². The Morgan fingerprint density at radius 2 is 1.54 bits per heavy atom. The Labute approximate surface area is 319 Å². The number of carbonyl (C=O) groups excluding carboxylic acids is 2. The fourth-order valence-electron chi connectivity index (χ4n) is 6.17. The highest BCUT2D eigenvalue weighted by atomic mass is 16.6. The molecule has 54 heavy (non-hydrogen) atoms. The number of amides is 1. The van der Waals surface area contributed by atoms with E-state index in [4.69, 9.17) is 43.6 Å². The predicted molar refractivity (Wildman–Crippen MR) is 204 cm³/mol. The van der Waals surface area contributed by atoms with Gasteiger partial charge >= 0.3 is 5.97 Å². The molecule has 296 valence electrons. The van der Waals surface area contributed by atoms with Crippen LogP contribution in [-0.2, 0) is 41.8 Å². The highest BCUT2D eigenvalue weighted by Gasteiger charge is 2.39. The molecule has 0 radical (unpaired) electrons. The van der Waals surface area contributed by atoms with E-state index in [-0.39, 0.29) is 31.1 Å². The van der Waals surface area contributed by atoms with Crippen LogP contribution in [-0.4, -0.2) is 97.5 Å². The lowest BCUT2D eigenvalue weighted by Gasteiger charge is -2.39. The molecule has 0 bridgehead atoms. The van der Waals surface area contributed by atoms with Crippen molar-refractivity contribution in [3.8, 4) is 23.0 Å². The Balaban J connectivity index is 1.44. The number of methoxy groups -OCH3 is 3. The zero-order chi connectivity index (χ0) is 38.7. The Bertz CT molecular complexity index is 1570. The van der Waals surface area contributed by atoms with Crippen LogP contribution in [0, 0.1) is 5.92 Å². The van der Waals surface area contributed by atoms with E-state index in [9.17, 15) is 9.59 Å². The molecule has 0 spiro atoms. The SMILES string of the molecule is COCCCOc1cc(CO[C@H]2CNC[C@@H](OC(=O)[C@@H](NC(=O)CN)C(C)C)[C@@H]2c2ccc(OCCCOCc3ccccc3OC)cc2)ccc1OC. The van der Waals surface area contributed by atoms with Gasteiger partial charge < -0.3 is 54.3 Å². The number of benzene rings is 3. The number of hydrogen-bond donors (Lipinski definition) is 3. The number of piperidine rings is 1. The lowest BCUT2D eigenvalue weighted by Crippen LogP contribution is -2.54. The molecule has 0 saturated carbocycles. The van der Waals surface area contributed by atoms with Crippen LogP contribution >= 0.6 is 0 Å². The molecule has 1 amide bonds. The van der Waals surface area contributed by atoms with Gasteiger partial charge in [0, 0.05) is 51.1 Å². The van der Waals surface area contributed by atoms with E-state index in [0.29, 0.717) is 69.8 Å². The maximum absolute atomic E-state index is 13.5. The summed E-state index contributed by atoms with van der Waals surface area (Å²) in [6.45, 7) is 7.24. The minimum atomic E-state index is -0.848. The molecular weight excluding hydrogens is 694 g/mol. The van der Waals surface area contributed by atoms with Gasteiger partial charge in [0.15, 0.2) is 11.5 Å². The minimum absolute atomic E-state index is 0.209. The Morgan fingerprint density at radius 3 is 2.26 bits per heavy atom. The Kier molecular flexibility index (Phi) is 17.8. The molecule has 1 aliphatic rings. The van der Waals surface area contributed by atoms with Crippen LogP contribution in [0.1, 0.15) is 49.3 Å². The van der Waals surface area contributed by atoms with Gasteiger partial charge in [-0.25, -0.2) is 4.79 Å².